The Morgan fingerprint density at radius 3 is 2.73 bits per heavy atom. The number of fused-ring (bicyclic) bond motifs is 1. The molecule has 0 atom stereocenters. The molecule has 2 heterocycles. The fourth-order valence-corrected chi connectivity index (χ4v) is 3.86. The van der Waals surface area contributed by atoms with E-state index in [0.29, 0.717) is 17.1 Å². The molecule has 0 bridgehead atoms. The van der Waals surface area contributed by atoms with Crippen molar-refractivity contribution in [2.75, 3.05) is 11.1 Å². The van der Waals surface area contributed by atoms with Crippen molar-refractivity contribution in [2.45, 2.75) is 5.16 Å². The van der Waals surface area contributed by atoms with E-state index in [-0.39, 0.29) is 21.1 Å². The number of halogens is 3. The van der Waals surface area contributed by atoms with Crippen LogP contribution in [0.1, 0.15) is 0 Å². The molecule has 2 aromatic carbocycles. The molecule has 0 aliphatic rings. The monoisotopic (exact) mass is 491 g/mol. The van der Waals surface area contributed by atoms with E-state index in [1.807, 2.05) is 30.3 Å². The van der Waals surface area contributed by atoms with E-state index in [4.69, 9.17) is 0 Å². The first-order valence-electron chi connectivity index (χ1n) is 8.53. The normalized spacial score (nSPS) is 11.0. The highest BCUT2D eigenvalue weighted by atomic mass is 79.9. The highest BCUT2D eigenvalue weighted by Crippen LogP contribution is 2.27. The molecule has 0 fully saturated rings. The molecule has 30 heavy (non-hydrogen) atoms. The number of amides is 1. The third-order valence-electron chi connectivity index (χ3n) is 4.03. The lowest BCUT2D eigenvalue weighted by Crippen LogP contribution is -2.17. The molecule has 0 saturated heterocycles. The minimum absolute atomic E-state index is 0.0815. The highest BCUT2D eigenvalue weighted by molar-refractivity contribution is 9.10. The molecule has 2 aromatic heterocycles. The fraction of sp³-hybridized carbons (Fsp3) is 0.0526. The number of hydrogen-bond donors (Lipinski definition) is 2. The molecule has 4 rings (SSSR count). The Labute approximate surface area is 180 Å². The highest BCUT2D eigenvalue weighted by Gasteiger charge is 2.15. The van der Waals surface area contributed by atoms with Crippen molar-refractivity contribution < 1.29 is 13.6 Å². The lowest BCUT2D eigenvalue weighted by atomic mass is 10.3. The molecule has 1 amide bonds. The minimum atomic E-state index is -0.903. The summed E-state index contributed by atoms with van der Waals surface area (Å²) < 4.78 is 28.7. The fourth-order valence-electron chi connectivity index (χ4n) is 2.70. The Morgan fingerprint density at radius 2 is 2.00 bits per heavy atom. The van der Waals surface area contributed by atoms with Crippen molar-refractivity contribution in [3.05, 3.63) is 75.1 Å². The molecule has 0 saturated carbocycles. The standard InChI is InChI=1S/C19H12BrF2N5O2S/c20-13-6-10(21)7-14(22)16(13)24-15(28)9-30-19-25-17-12(18(29)26-19)8-23-27(17)11-4-2-1-3-5-11/h1-8H,9H2,(H,24,28)(H,25,26,29). The number of nitrogens with one attached hydrogen (secondary N) is 2. The van der Waals surface area contributed by atoms with Crippen LogP contribution in [0.2, 0.25) is 0 Å². The van der Waals surface area contributed by atoms with Crippen molar-refractivity contribution in [3.8, 4) is 5.69 Å². The van der Waals surface area contributed by atoms with Crippen LogP contribution >= 0.6 is 27.7 Å². The summed E-state index contributed by atoms with van der Waals surface area (Å²) in [7, 11) is 0. The Kier molecular flexibility index (Phi) is 5.64. The Balaban J connectivity index is 1.55. The van der Waals surface area contributed by atoms with E-state index in [2.05, 4.69) is 36.3 Å². The number of H-pyrrole nitrogens is 1. The summed E-state index contributed by atoms with van der Waals surface area (Å²) in [5.41, 5.74) is 0.523. The third kappa shape index (κ3) is 4.12. The van der Waals surface area contributed by atoms with Gasteiger partial charge < -0.3 is 10.3 Å². The first-order valence-corrected chi connectivity index (χ1v) is 10.3. The van der Waals surface area contributed by atoms with Crippen LogP contribution in [0, 0.1) is 11.6 Å². The zero-order chi connectivity index (χ0) is 21.3. The first-order chi connectivity index (χ1) is 14.4. The molecular weight excluding hydrogens is 480 g/mol. The second-order valence-corrected chi connectivity index (χ2v) is 7.90. The number of aromatic amines is 1. The summed E-state index contributed by atoms with van der Waals surface area (Å²) in [5, 5.41) is 7.11. The first kappa shape index (κ1) is 20.2. The molecule has 0 spiro atoms. The van der Waals surface area contributed by atoms with Gasteiger partial charge in [-0.25, -0.2) is 18.4 Å². The van der Waals surface area contributed by atoms with Gasteiger partial charge in [-0.15, -0.1) is 0 Å². The van der Waals surface area contributed by atoms with Crippen LogP contribution in [0.25, 0.3) is 16.7 Å². The van der Waals surface area contributed by atoms with Gasteiger partial charge in [-0.3, -0.25) is 9.59 Å². The number of carbonyl (C=O) groups excluding carboxylic acids is 1. The Hall–Kier alpha value is -3.05. The number of nitrogens with zero attached hydrogens (tertiary/aromatic N) is 3. The quantitative estimate of drug-likeness (QED) is 0.326. The van der Waals surface area contributed by atoms with Crippen molar-refractivity contribution >= 4 is 50.3 Å². The van der Waals surface area contributed by atoms with Crippen molar-refractivity contribution in [1.29, 1.82) is 0 Å². The molecule has 0 aliphatic heterocycles. The summed E-state index contributed by atoms with van der Waals surface area (Å²) in [4.78, 5) is 31.5. The number of para-hydroxylation sites is 1. The van der Waals surface area contributed by atoms with E-state index >= 15 is 0 Å². The largest absolute Gasteiger partial charge is 0.322 e. The van der Waals surface area contributed by atoms with Gasteiger partial charge in [0.2, 0.25) is 5.91 Å². The molecule has 0 radical (unpaired) electrons. The van der Waals surface area contributed by atoms with Gasteiger partial charge in [0.15, 0.2) is 16.6 Å². The average molecular weight is 492 g/mol. The smallest absolute Gasteiger partial charge is 0.262 e. The minimum Gasteiger partial charge on any atom is -0.322 e. The van der Waals surface area contributed by atoms with Crippen LogP contribution in [0.5, 0.6) is 0 Å². The van der Waals surface area contributed by atoms with Gasteiger partial charge in [0.25, 0.3) is 5.56 Å². The van der Waals surface area contributed by atoms with Gasteiger partial charge in [0.1, 0.15) is 11.2 Å². The summed E-state index contributed by atoms with van der Waals surface area (Å²) in [6.07, 6.45) is 1.42. The van der Waals surface area contributed by atoms with Gasteiger partial charge in [0, 0.05) is 10.5 Å². The van der Waals surface area contributed by atoms with Crippen LogP contribution in [-0.2, 0) is 4.79 Å². The van der Waals surface area contributed by atoms with Crippen LogP contribution in [-0.4, -0.2) is 31.4 Å². The summed E-state index contributed by atoms with van der Waals surface area (Å²) >= 11 is 3.98. The van der Waals surface area contributed by atoms with Gasteiger partial charge >= 0.3 is 0 Å². The topological polar surface area (TPSA) is 92.7 Å². The number of aromatic nitrogens is 4. The van der Waals surface area contributed by atoms with E-state index in [9.17, 15) is 18.4 Å². The van der Waals surface area contributed by atoms with E-state index < -0.39 is 23.1 Å². The summed E-state index contributed by atoms with van der Waals surface area (Å²) in [6, 6.07) is 10.9. The number of benzene rings is 2. The number of hydrogen-bond acceptors (Lipinski definition) is 5. The second-order valence-electron chi connectivity index (χ2n) is 6.08. The maximum absolute atomic E-state index is 13.9. The molecule has 2 N–H and O–H groups in total. The molecule has 0 aliphatic carbocycles. The maximum Gasteiger partial charge on any atom is 0.262 e. The Morgan fingerprint density at radius 1 is 1.23 bits per heavy atom. The van der Waals surface area contributed by atoms with Crippen molar-refractivity contribution in [1.82, 2.24) is 19.7 Å². The zero-order valence-electron chi connectivity index (χ0n) is 15.0. The molecule has 0 unspecified atom stereocenters. The molecule has 7 nitrogen and oxygen atoms in total. The number of rotatable bonds is 5. The van der Waals surface area contributed by atoms with Gasteiger partial charge in [-0.05, 0) is 34.1 Å². The molecule has 4 aromatic rings. The van der Waals surface area contributed by atoms with Crippen LogP contribution in [0.15, 0.2) is 63.1 Å². The average Bonchev–Trinajstić information content (AvgIpc) is 3.14. The van der Waals surface area contributed by atoms with Crippen LogP contribution in [0.3, 0.4) is 0 Å². The van der Waals surface area contributed by atoms with Gasteiger partial charge in [-0.2, -0.15) is 5.10 Å². The number of anilines is 1. The van der Waals surface area contributed by atoms with Crippen molar-refractivity contribution in [2.24, 2.45) is 0 Å². The Bertz CT molecular complexity index is 1290. The van der Waals surface area contributed by atoms with Crippen LogP contribution in [0.4, 0.5) is 14.5 Å². The third-order valence-corrected chi connectivity index (χ3v) is 5.53. The predicted molar refractivity (Wildman–Crippen MR) is 113 cm³/mol. The molecule has 11 heteroatoms. The van der Waals surface area contributed by atoms with Gasteiger partial charge in [0.05, 0.1) is 23.3 Å². The molecule has 152 valence electrons. The number of carbonyl (C=O) groups is 1. The maximum atomic E-state index is 13.9. The van der Waals surface area contributed by atoms with Crippen molar-refractivity contribution in [3.63, 3.8) is 0 Å². The summed E-state index contributed by atoms with van der Waals surface area (Å²) in [6.45, 7) is 0. The SMILES string of the molecule is O=C(CSc1nc2c(cnn2-c2ccccc2)c(=O)[nH]1)Nc1c(F)cc(F)cc1Br. The molecular formula is C19H12BrF2N5O2S. The van der Waals surface area contributed by atoms with E-state index in [1.165, 1.54) is 10.9 Å². The van der Waals surface area contributed by atoms with Crippen LogP contribution < -0.4 is 10.9 Å². The predicted octanol–water partition coefficient (Wildman–Crippen LogP) is 3.88. The van der Waals surface area contributed by atoms with E-state index in [0.717, 1.165) is 23.5 Å². The second kappa shape index (κ2) is 8.36. The number of thioether (sulfide) groups is 1. The van der Waals surface area contributed by atoms with E-state index in [1.54, 1.807) is 0 Å². The lowest BCUT2D eigenvalue weighted by Gasteiger charge is -2.09. The van der Waals surface area contributed by atoms with Gasteiger partial charge in [-0.1, -0.05) is 30.0 Å². The zero-order valence-corrected chi connectivity index (χ0v) is 17.4. The summed E-state index contributed by atoms with van der Waals surface area (Å²) in [5.74, 6) is -2.38. The lowest BCUT2D eigenvalue weighted by molar-refractivity contribution is -0.113.